The van der Waals surface area contributed by atoms with Crippen LogP contribution in [-0.2, 0) is 42.2 Å². The third-order valence-electron chi connectivity index (χ3n) is 11.3. The number of allylic oxidation sites excluding steroid dienone is 4. The minimum Gasteiger partial charge on any atom is -0.462 e. The minimum absolute atomic E-state index is 0.160. The summed E-state index contributed by atoms with van der Waals surface area (Å²) in [6.45, 7) is 4.57. The first-order chi connectivity index (χ1) is 31.2. The summed E-state index contributed by atoms with van der Waals surface area (Å²) in [4.78, 5) is 48.2. The van der Waals surface area contributed by atoms with E-state index in [0.29, 0.717) is 19.3 Å². The number of carbonyl (C=O) groups excluding carboxylic acids is 3. The van der Waals surface area contributed by atoms with Gasteiger partial charge in [0.15, 0.2) is 6.10 Å². The molecule has 0 heterocycles. The molecule has 0 bridgehead atoms. The van der Waals surface area contributed by atoms with E-state index in [4.69, 9.17) is 23.3 Å². The van der Waals surface area contributed by atoms with Crippen LogP contribution in [0, 0.1) is 0 Å². The molecule has 0 aliphatic rings. The summed E-state index contributed by atoms with van der Waals surface area (Å²) < 4.78 is 39.3. The number of ether oxygens (including phenoxy) is 3. The maximum absolute atomic E-state index is 12.8. The highest BCUT2D eigenvalue weighted by molar-refractivity contribution is 7.47. The summed E-state index contributed by atoms with van der Waals surface area (Å²) in [7, 11) is -4.73. The Kier molecular flexibility index (Phi) is 45.9. The fourth-order valence-corrected chi connectivity index (χ4v) is 8.06. The third kappa shape index (κ3) is 45.1. The summed E-state index contributed by atoms with van der Waals surface area (Å²) in [5.41, 5.74) is 0. The number of unbranched alkanes of at least 4 members (excludes halogenated alkanes) is 28. The minimum atomic E-state index is -4.73. The van der Waals surface area contributed by atoms with E-state index in [1.807, 2.05) is 0 Å². The predicted octanol–water partition coefficient (Wildman–Crippen LogP) is 14.7. The Hall–Kier alpha value is -2.04. The Morgan fingerprint density at radius 1 is 0.422 bits per heavy atom. The molecule has 3 atom stereocenters. The van der Waals surface area contributed by atoms with Gasteiger partial charge in [-0.25, -0.2) is 4.57 Å². The standard InChI is InChI=1S/C52H97O11P/c1-4-7-10-13-16-19-21-22-23-24-25-26-28-30-32-35-38-41-50(54)59-45-49(63-52(56)43-40-37-34-31-27-20-17-14-11-8-5-2)47-61-64(57,58)60-46-48(44-53)62-51(55)42-39-36-33-29-18-15-12-9-6-3/h14,17,22-23,48-49,53H,4-13,15-16,18-21,24-47H2,1-3H3,(H,57,58)/b17-14-,23-22-. The highest BCUT2D eigenvalue weighted by Crippen LogP contribution is 2.43. The lowest BCUT2D eigenvalue weighted by atomic mass is 10.1. The van der Waals surface area contributed by atoms with Gasteiger partial charge < -0.3 is 24.2 Å². The van der Waals surface area contributed by atoms with Crippen molar-refractivity contribution in [3.63, 3.8) is 0 Å². The number of phosphoric acid groups is 1. The number of hydrogen-bond acceptors (Lipinski definition) is 10. The van der Waals surface area contributed by atoms with Gasteiger partial charge >= 0.3 is 25.7 Å². The van der Waals surface area contributed by atoms with Crippen molar-refractivity contribution in [1.82, 2.24) is 0 Å². The third-order valence-corrected chi connectivity index (χ3v) is 12.3. The molecule has 0 aromatic heterocycles. The predicted molar refractivity (Wildman–Crippen MR) is 261 cm³/mol. The van der Waals surface area contributed by atoms with Gasteiger partial charge in [-0.2, -0.15) is 0 Å². The van der Waals surface area contributed by atoms with Gasteiger partial charge in [-0.3, -0.25) is 23.4 Å². The average molecular weight is 929 g/mol. The van der Waals surface area contributed by atoms with E-state index in [9.17, 15) is 28.9 Å². The Labute approximate surface area is 391 Å². The normalized spacial score (nSPS) is 13.6. The largest absolute Gasteiger partial charge is 0.472 e. The van der Waals surface area contributed by atoms with Crippen LogP contribution in [0.25, 0.3) is 0 Å². The first-order valence-corrected chi connectivity index (χ1v) is 27.7. The monoisotopic (exact) mass is 929 g/mol. The smallest absolute Gasteiger partial charge is 0.462 e. The second kappa shape index (κ2) is 47.5. The van der Waals surface area contributed by atoms with Gasteiger partial charge in [0.25, 0.3) is 0 Å². The van der Waals surface area contributed by atoms with Crippen molar-refractivity contribution >= 4 is 25.7 Å². The van der Waals surface area contributed by atoms with Gasteiger partial charge in [0.05, 0.1) is 19.8 Å². The molecule has 2 N–H and O–H groups in total. The van der Waals surface area contributed by atoms with Gasteiger partial charge in [0.2, 0.25) is 0 Å². The molecule has 0 aromatic rings. The molecule has 0 saturated carbocycles. The highest BCUT2D eigenvalue weighted by atomic mass is 31.2. The van der Waals surface area contributed by atoms with E-state index in [1.165, 1.54) is 109 Å². The zero-order chi connectivity index (χ0) is 47.0. The number of esters is 3. The maximum Gasteiger partial charge on any atom is 0.472 e. The van der Waals surface area contributed by atoms with Crippen LogP contribution < -0.4 is 0 Å². The average Bonchev–Trinajstić information content (AvgIpc) is 3.28. The number of phosphoric ester groups is 1. The van der Waals surface area contributed by atoms with Crippen molar-refractivity contribution in [3.8, 4) is 0 Å². The van der Waals surface area contributed by atoms with Crippen molar-refractivity contribution in [2.24, 2.45) is 0 Å². The van der Waals surface area contributed by atoms with Gasteiger partial charge in [0.1, 0.15) is 12.7 Å². The molecular weight excluding hydrogens is 832 g/mol. The topological polar surface area (TPSA) is 155 Å². The number of aliphatic hydroxyl groups excluding tert-OH is 1. The Morgan fingerprint density at radius 2 is 0.734 bits per heavy atom. The molecule has 0 radical (unpaired) electrons. The zero-order valence-corrected chi connectivity index (χ0v) is 42.2. The zero-order valence-electron chi connectivity index (χ0n) is 41.3. The van der Waals surface area contributed by atoms with E-state index >= 15 is 0 Å². The van der Waals surface area contributed by atoms with Crippen molar-refractivity contribution < 1.29 is 52.2 Å². The quantitative estimate of drug-likeness (QED) is 0.0197. The Morgan fingerprint density at radius 3 is 1.12 bits per heavy atom. The second-order valence-electron chi connectivity index (χ2n) is 17.7. The van der Waals surface area contributed by atoms with Crippen LogP contribution in [0.3, 0.4) is 0 Å². The van der Waals surface area contributed by atoms with Crippen LogP contribution in [0.5, 0.6) is 0 Å². The molecule has 64 heavy (non-hydrogen) atoms. The molecule has 0 aliphatic heterocycles. The van der Waals surface area contributed by atoms with Crippen LogP contribution in [0.4, 0.5) is 0 Å². The molecular formula is C52H97O11P. The highest BCUT2D eigenvalue weighted by Gasteiger charge is 2.28. The summed E-state index contributed by atoms with van der Waals surface area (Å²) in [6, 6.07) is 0. The number of aliphatic hydroxyl groups is 1. The molecule has 0 rings (SSSR count). The van der Waals surface area contributed by atoms with Crippen LogP contribution in [0.1, 0.15) is 252 Å². The van der Waals surface area contributed by atoms with Crippen LogP contribution in [-0.4, -0.2) is 66.5 Å². The molecule has 0 amide bonds. The lowest BCUT2D eigenvalue weighted by Gasteiger charge is -2.21. The van der Waals surface area contributed by atoms with Gasteiger partial charge in [-0.1, -0.05) is 193 Å². The van der Waals surface area contributed by atoms with E-state index in [0.717, 1.165) is 83.5 Å². The summed E-state index contributed by atoms with van der Waals surface area (Å²) in [6.07, 6.45) is 44.4. The molecule has 0 fully saturated rings. The number of carbonyl (C=O) groups is 3. The SMILES string of the molecule is CCCC/C=C\CCCCCCCC(=O)OC(COC(=O)CCCCCCCCC/C=C\CCCCCCCC)COP(=O)(O)OCC(CO)OC(=O)CCCCCCCCCCC. The van der Waals surface area contributed by atoms with Gasteiger partial charge in [-0.05, 0) is 64.2 Å². The molecule has 0 aliphatic carbocycles. The molecule has 3 unspecified atom stereocenters. The second-order valence-corrected chi connectivity index (χ2v) is 19.1. The summed E-state index contributed by atoms with van der Waals surface area (Å²) >= 11 is 0. The van der Waals surface area contributed by atoms with Crippen LogP contribution in [0.15, 0.2) is 24.3 Å². The van der Waals surface area contributed by atoms with E-state index in [-0.39, 0.29) is 25.9 Å². The van der Waals surface area contributed by atoms with Crippen molar-refractivity contribution in [2.75, 3.05) is 26.4 Å². The van der Waals surface area contributed by atoms with E-state index < -0.39 is 57.8 Å². The van der Waals surface area contributed by atoms with E-state index in [1.54, 1.807) is 0 Å². The number of hydrogen-bond donors (Lipinski definition) is 2. The first-order valence-electron chi connectivity index (χ1n) is 26.2. The molecule has 12 heteroatoms. The lowest BCUT2D eigenvalue weighted by molar-refractivity contribution is -0.161. The van der Waals surface area contributed by atoms with Crippen LogP contribution in [0.2, 0.25) is 0 Å². The van der Waals surface area contributed by atoms with Crippen LogP contribution >= 0.6 is 7.82 Å². The molecule has 11 nitrogen and oxygen atoms in total. The number of rotatable bonds is 49. The van der Waals surface area contributed by atoms with Crippen molar-refractivity contribution in [1.29, 1.82) is 0 Å². The Balaban J connectivity index is 4.69. The summed E-state index contributed by atoms with van der Waals surface area (Å²) in [5.74, 6) is -1.47. The maximum atomic E-state index is 12.8. The molecule has 0 saturated heterocycles. The molecule has 0 aromatic carbocycles. The first kappa shape index (κ1) is 62.0. The Bertz CT molecular complexity index is 1180. The van der Waals surface area contributed by atoms with Crippen molar-refractivity contribution in [2.45, 2.75) is 264 Å². The molecule has 376 valence electrons. The van der Waals surface area contributed by atoms with Gasteiger partial charge in [-0.15, -0.1) is 0 Å². The van der Waals surface area contributed by atoms with Gasteiger partial charge in [0, 0.05) is 19.3 Å². The lowest BCUT2D eigenvalue weighted by Crippen LogP contribution is -2.30. The van der Waals surface area contributed by atoms with E-state index in [2.05, 4.69) is 45.1 Å². The molecule has 0 spiro atoms. The van der Waals surface area contributed by atoms with Crippen molar-refractivity contribution in [3.05, 3.63) is 24.3 Å². The fraction of sp³-hybridized carbons (Fsp3) is 0.865. The fourth-order valence-electron chi connectivity index (χ4n) is 7.27. The summed E-state index contributed by atoms with van der Waals surface area (Å²) in [5, 5.41) is 9.73.